The van der Waals surface area contributed by atoms with Gasteiger partial charge in [0.2, 0.25) is 0 Å². The number of nitrogens with zero attached hydrogens (tertiary/aromatic N) is 3. The minimum Gasteiger partial charge on any atom is -0.375 e. The van der Waals surface area contributed by atoms with Crippen molar-refractivity contribution in [3.05, 3.63) is 47.3 Å². The summed E-state index contributed by atoms with van der Waals surface area (Å²) in [5.41, 5.74) is 3.00. The van der Waals surface area contributed by atoms with Crippen molar-refractivity contribution in [3.63, 3.8) is 0 Å². The molecule has 2 N–H and O–H groups in total. The molecule has 1 aliphatic rings. The first-order chi connectivity index (χ1) is 12.8. The molecular weight excluding hydrogens is 330 g/mol. The number of aromatic amines is 1. The van der Waals surface area contributed by atoms with Gasteiger partial charge in [0.05, 0.1) is 11.1 Å². The first kappa shape index (κ1) is 16.4. The quantitative estimate of drug-likeness (QED) is 0.687. The SMILES string of the molecule is C=CCNc1c(N2CCCCC2)c(-c2noc3ccccc23)n[nH]c1=O. The van der Waals surface area contributed by atoms with Crippen LogP contribution in [-0.2, 0) is 0 Å². The standard InChI is InChI=1S/C19H21N5O2/c1-2-10-20-17-18(24-11-6-3-7-12-24)16(21-22-19(17)25)15-13-8-4-5-9-14(13)26-23-15/h2,4-5,8-9H,1,3,6-7,10-12H2,(H,20,21)(H,22,25). The molecule has 0 saturated carbocycles. The summed E-state index contributed by atoms with van der Waals surface area (Å²) in [6.07, 6.45) is 5.11. The number of rotatable bonds is 5. The van der Waals surface area contributed by atoms with Gasteiger partial charge in [-0.25, -0.2) is 5.10 Å². The Balaban J connectivity index is 1.93. The zero-order chi connectivity index (χ0) is 17.9. The van der Waals surface area contributed by atoms with E-state index in [1.807, 2.05) is 24.3 Å². The Morgan fingerprint density at radius 3 is 2.85 bits per heavy atom. The van der Waals surface area contributed by atoms with Crippen LogP contribution in [0.3, 0.4) is 0 Å². The number of H-pyrrole nitrogens is 1. The number of hydrogen-bond acceptors (Lipinski definition) is 6. The Labute approximate surface area is 150 Å². The molecule has 0 unspecified atom stereocenters. The van der Waals surface area contributed by atoms with Crippen molar-refractivity contribution in [2.24, 2.45) is 0 Å². The van der Waals surface area contributed by atoms with E-state index in [1.54, 1.807) is 6.08 Å². The summed E-state index contributed by atoms with van der Waals surface area (Å²) in [7, 11) is 0. The number of para-hydroxylation sites is 1. The molecule has 1 aliphatic heterocycles. The maximum Gasteiger partial charge on any atom is 0.289 e. The number of nitrogens with one attached hydrogen (secondary N) is 2. The van der Waals surface area contributed by atoms with E-state index in [-0.39, 0.29) is 5.56 Å². The van der Waals surface area contributed by atoms with Crippen molar-refractivity contribution in [2.45, 2.75) is 19.3 Å². The van der Waals surface area contributed by atoms with Crippen LogP contribution in [-0.4, -0.2) is 35.0 Å². The number of piperidine rings is 1. The number of benzene rings is 1. The van der Waals surface area contributed by atoms with Gasteiger partial charge in [0.25, 0.3) is 5.56 Å². The molecule has 134 valence electrons. The lowest BCUT2D eigenvalue weighted by molar-refractivity contribution is 0.459. The van der Waals surface area contributed by atoms with Gasteiger partial charge in [0.15, 0.2) is 5.58 Å². The second-order valence-corrected chi connectivity index (χ2v) is 6.37. The van der Waals surface area contributed by atoms with Crippen LogP contribution in [0.5, 0.6) is 0 Å². The molecule has 7 heteroatoms. The van der Waals surface area contributed by atoms with E-state index in [2.05, 4.69) is 32.1 Å². The van der Waals surface area contributed by atoms with Crippen LogP contribution in [0.1, 0.15) is 19.3 Å². The van der Waals surface area contributed by atoms with Crippen molar-refractivity contribution < 1.29 is 4.52 Å². The first-order valence-corrected chi connectivity index (χ1v) is 8.87. The van der Waals surface area contributed by atoms with E-state index in [4.69, 9.17) is 4.52 Å². The monoisotopic (exact) mass is 351 g/mol. The molecule has 0 atom stereocenters. The lowest BCUT2D eigenvalue weighted by atomic mass is 10.1. The summed E-state index contributed by atoms with van der Waals surface area (Å²) >= 11 is 0. The van der Waals surface area contributed by atoms with Gasteiger partial charge in [0, 0.05) is 19.6 Å². The third-order valence-electron chi connectivity index (χ3n) is 4.65. The zero-order valence-corrected chi connectivity index (χ0v) is 14.5. The van der Waals surface area contributed by atoms with Crippen LogP contribution in [0.4, 0.5) is 11.4 Å². The van der Waals surface area contributed by atoms with Gasteiger partial charge in [0.1, 0.15) is 17.1 Å². The average molecular weight is 351 g/mol. The molecular formula is C19H21N5O2. The van der Waals surface area contributed by atoms with Gasteiger partial charge in [-0.2, -0.15) is 5.10 Å². The highest BCUT2D eigenvalue weighted by Crippen LogP contribution is 2.37. The molecule has 0 amide bonds. The molecule has 2 aromatic heterocycles. The number of anilines is 2. The van der Waals surface area contributed by atoms with Crippen LogP contribution in [0.15, 0.2) is 46.2 Å². The molecule has 7 nitrogen and oxygen atoms in total. The molecule has 1 fully saturated rings. The third kappa shape index (κ3) is 2.85. The molecule has 0 spiro atoms. The Morgan fingerprint density at radius 1 is 1.23 bits per heavy atom. The predicted molar refractivity (Wildman–Crippen MR) is 103 cm³/mol. The molecule has 0 radical (unpaired) electrons. The smallest absolute Gasteiger partial charge is 0.289 e. The molecule has 0 bridgehead atoms. The van der Waals surface area contributed by atoms with Gasteiger partial charge < -0.3 is 14.7 Å². The van der Waals surface area contributed by atoms with E-state index in [0.717, 1.165) is 37.0 Å². The van der Waals surface area contributed by atoms with E-state index < -0.39 is 0 Å². The van der Waals surface area contributed by atoms with Gasteiger partial charge in [-0.05, 0) is 31.4 Å². The van der Waals surface area contributed by atoms with Crippen LogP contribution < -0.4 is 15.8 Å². The predicted octanol–water partition coefficient (Wildman–Crippen LogP) is 3.17. The highest BCUT2D eigenvalue weighted by atomic mass is 16.5. The van der Waals surface area contributed by atoms with E-state index in [0.29, 0.717) is 29.2 Å². The normalized spacial score (nSPS) is 14.5. The Kier molecular flexibility index (Phi) is 4.43. The summed E-state index contributed by atoms with van der Waals surface area (Å²) in [5, 5.41) is 15.2. The van der Waals surface area contributed by atoms with Crippen molar-refractivity contribution >= 4 is 22.3 Å². The Morgan fingerprint density at radius 2 is 2.04 bits per heavy atom. The molecule has 1 aromatic carbocycles. The third-order valence-corrected chi connectivity index (χ3v) is 4.65. The summed E-state index contributed by atoms with van der Waals surface area (Å²) in [6, 6.07) is 7.66. The summed E-state index contributed by atoms with van der Waals surface area (Å²) in [6.45, 7) is 5.99. The fourth-order valence-corrected chi connectivity index (χ4v) is 3.43. The molecule has 1 saturated heterocycles. The highest BCUT2D eigenvalue weighted by molar-refractivity contribution is 5.96. The molecule has 3 heterocycles. The minimum atomic E-state index is -0.246. The van der Waals surface area contributed by atoms with Crippen LogP contribution in [0, 0.1) is 0 Å². The van der Waals surface area contributed by atoms with Crippen molar-refractivity contribution in [1.29, 1.82) is 0 Å². The zero-order valence-electron chi connectivity index (χ0n) is 14.5. The second kappa shape index (κ2) is 7.03. The Bertz CT molecular complexity index is 985. The largest absolute Gasteiger partial charge is 0.375 e. The molecule has 0 aliphatic carbocycles. The molecule has 4 rings (SSSR count). The molecule has 26 heavy (non-hydrogen) atoms. The van der Waals surface area contributed by atoms with Crippen molar-refractivity contribution in [2.75, 3.05) is 29.9 Å². The van der Waals surface area contributed by atoms with Crippen LogP contribution in [0.25, 0.3) is 22.4 Å². The van der Waals surface area contributed by atoms with Gasteiger partial charge >= 0.3 is 0 Å². The van der Waals surface area contributed by atoms with Crippen LogP contribution in [0.2, 0.25) is 0 Å². The van der Waals surface area contributed by atoms with Gasteiger partial charge in [-0.3, -0.25) is 4.79 Å². The maximum absolute atomic E-state index is 12.5. The lowest BCUT2D eigenvalue weighted by Crippen LogP contribution is -2.33. The summed E-state index contributed by atoms with van der Waals surface area (Å²) in [5.74, 6) is 0. The van der Waals surface area contributed by atoms with Gasteiger partial charge in [-0.15, -0.1) is 6.58 Å². The van der Waals surface area contributed by atoms with E-state index >= 15 is 0 Å². The van der Waals surface area contributed by atoms with Crippen molar-refractivity contribution in [1.82, 2.24) is 15.4 Å². The molecule has 3 aromatic rings. The van der Waals surface area contributed by atoms with Gasteiger partial charge in [-0.1, -0.05) is 23.4 Å². The van der Waals surface area contributed by atoms with E-state index in [1.165, 1.54) is 6.42 Å². The topological polar surface area (TPSA) is 87.0 Å². The summed E-state index contributed by atoms with van der Waals surface area (Å²) < 4.78 is 5.46. The van der Waals surface area contributed by atoms with Crippen LogP contribution >= 0.6 is 0 Å². The van der Waals surface area contributed by atoms with E-state index in [9.17, 15) is 4.79 Å². The van der Waals surface area contributed by atoms with Crippen molar-refractivity contribution in [3.8, 4) is 11.4 Å². The number of hydrogen-bond donors (Lipinski definition) is 2. The fraction of sp³-hybridized carbons (Fsp3) is 0.316. The lowest BCUT2D eigenvalue weighted by Gasteiger charge is -2.31. The number of fused-ring (bicyclic) bond motifs is 1. The Hall–Kier alpha value is -3.09. The highest BCUT2D eigenvalue weighted by Gasteiger charge is 2.25. The average Bonchev–Trinajstić information content (AvgIpc) is 3.11. The second-order valence-electron chi connectivity index (χ2n) is 6.37. The number of aromatic nitrogens is 3. The fourth-order valence-electron chi connectivity index (χ4n) is 3.43. The summed E-state index contributed by atoms with van der Waals surface area (Å²) in [4.78, 5) is 14.7. The maximum atomic E-state index is 12.5. The first-order valence-electron chi connectivity index (χ1n) is 8.87. The minimum absolute atomic E-state index is 0.246.